The van der Waals surface area contributed by atoms with Crippen molar-refractivity contribution < 1.29 is 9.53 Å². The lowest BCUT2D eigenvalue weighted by Crippen LogP contribution is -2.00. The number of para-hydroxylation sites is 1. The van der Waals surface area contributed by atoms with E-state index in [9.17, 15) is 4.79 Å². The number of methoxy groups -OCH3 is 1. The highest BCUT2D eigenvalue weighted by Gasteiger charge is 2.13. The Hall–Kier alpha value is -2.81. The number of rotatable bonds is 4. The van der Waals surface area contributed by atoms with Gasteiger partial charge in [-0.3, -0.25) is 0 Å². The van der Waals surface area contributed by atoms with Crippen LogP contribution in [0.25, 0.3) is 5.69 Å². The van der Waals surface area contributed by atoms with Crippen LogP contribution in [-0.4, -0.2) is 17.6 Å². The van der Waals surface area contributed by atoms with Gasteiger partial charge in [0.1, 0.15) is 0 Å². The van der Waals surface area contributed by atoms with Crippen LogP contribution in [0.1, 0.15) is 21.6 Å². The quantitative estimate of drug-likeness (QED) is 0.684. The summed E-state index contributed by atoms with van der Waals surface area (Å²) in [6, 6.07) is 22.1. The molecule has 3 rings (SSSR count). The van der Waals surface area contributed by atoms with Gasteiger partial charge in [0.15, 0.2) is 0 Å². The summed E-state index contributed by atoms with van der Waals surface area (Å²) in [5.74, 6) is -0.316. The zero-order valence-corrected chi connectivity index (χ0v) is 12.4. The number of carbonyl (C=O) groups excluding carboxylic acids is 1. The van der Waals surface area contributed by atoms with Gasteiger partial charge >= 0.3 is 5.97 Å². The third-order valence-corrected chi connectivity index (χ3v) is 3.58. The van der Waals surface area contributed by atoms with Crippen molar-refractivity contribution in [3.8, 4) is 5.69 Å². The Labute approximate surface area is 129 Å². The van der Waals surface area contributed by atoms with Crippen LogP contribution in [0.5, 0.6) is 0 Å². The molecule has 0 atom stereocenters. The van der Waals surface area contributed by atoms with Gasteiger partial charge in [-0.05, 0) is 23.8 Å². The molecule has 0 bridgehead atoms. The third kappa shape index (κ3) is 2.93. The maximum atomic E-state index is 11.8. The summed E-state index contributed by atoms with van der Waals surface area (Å²) in [5, 5.41) is 0. The van der Waals surface area contributed by atoms with Crippen LogP contribution in [0.4, 0.5) is 0 Å². The van der Waals surface area contributed by atoms with Crippen molar-refractivity contribution in [2.75, 3.05) is 7.11 Å². The van der Waals surface area contributed by atoms with Crippen molar-refractivity contribution >= 4 is 5.97 Å². The molecular weight excluding hydrogens is 274 g/mol. The second-order valence-corrected chi connectivity index (χ2v) is 5.08. The van der Waals surface area contributed by atoms with E-state index in [1.54, 1.807) is 0 Å². The highest BCUT2D eigenvalue weighted by molar-refractivity contribution is 5.89. The van der Waals surface area contributed by atoms with E-state index in [0.29, 0.717) is 5.56 Å². The molecule has 0 aliphatic heterocycles. The Balaban J connectivity index is 2.03. The maximum absolute atomic E-state index is 11.8. The molecule has 3 aromatic rings. The van der Waals surface area contributed by atoms with E-state index in [-0.39, 0.29) is 5.97 Å². The Kier molecular flexibility index (Phi) is 4.05. The van der Waals surface area contributed by atoms with E-state index in [2.05, 4.69) is 12.1 Å². The van der Waals surface area contributed by atoms with E-state index in [1.807, 2.05) is 65.4 Å². The highest BCUT2D eigenvalue weighted by Crippen LogP contribution is 2.19. The largest absolute Gasteiger partial charge is 0.465 e. The van der Waals surface area contributed by atoms with Crippen molar-refractivity contribution in [3.63, 3.8) is 0 Å². The van der Waals surface area contributed by atoms with Gasteiger partial charge in [-0.2, -0.15) is 0 Å². The topological polar surface area (TPSA) is 31.2 Å². The molecule has 3 heteroatoms. The van der Waals surface area contributed by atoms with Gasteiger partial charge in [0.05, 0.1) is 12.7 Å². The molecule has 0 fully saturated rings. The molecule has 0 unspecified atom stereocenters. The first-order valence-electron chi connectivity index (χ1n) is 7.17. The van der Waals surface area contributed by atoms with Crippen molar-refractivity contribution in [3.05, 3.63) is 89.7 Å². The molecule has 0 aliphatic rings. The first-order chi connectivity index (χ1) is 10.8. The van der Waals surface area contributed by atoms with E-state index < -0.39 is 0 Å². The molecule has 0 aliphatic carbocycles. The normalized spacial score (nSPS) is 10.4. The number of benzene rings is 2. The number of hydrogen-bond donors (Lipinski definition) is 0. The molecule has 0 saturated heterocycles. The number of carbonyl (C=O) groups is 1. The van der Waals surface area contributed by atoms with Gasteiger partial charge < -0.3 is 9.30 Å². The molecule has 3 nitrogen and oxygen atoms in total. The zero-order chi connectivity index (χ0) is 15.4. The van der Waals surface area contributed by atoms with Gasteiger partial charge in [-0.25, -0.2) is 4.79 Å². The predicted octanol–water partition coefficient (Wildman–Crippen LogP) is 3.85. The lowest BCUT2D eigenvalue weighted by molar-refractivity contribution is 0.0601. The Bertz CT molecular complexity index is 761. The lowest BCUT2D eigenvalue weighted by Gasteiger charge is -2.09. The lowest BCUT2D eigenvalue weighted by atomic mass is 10.1. The molecule has 0 amide bonds. The fraction of sp³-hybridized carbons (Fsp3) is 0.105. The maximum Gasteiger partial charge on any atom is 0.339 e. The molecule has 22 heavy (non-hydrogen) atoms. The minimum atomic E-state index is -0.316. The first-order valence-corrected chi connectivity index (χ1v) is 7.17. The summed E-state index contributed by atoms with van der Waals surface area (Å²) in [6.45, 7) is 0. The molecule has 110 valence electrons. The van der Waals surface area contributed by atoms with Gasteiger partial charge in [0, 0.05) is 24.0 Å². The SMILES string of the molecule is COC(=O)c1cc(Cc2ccccc2)n(-c2ccccc2)c1. The predicted molar refractivity (Wildman–Crippen MR) is 86.4 cm³/mol. The minimum absolute atomic E-state index is 0.316. The van der Waals surface area contributed by atoms with Crippen molar-refractivity contribution in [2.45, 2.75) is 6.42 Å². The fourth-order valence-electron chi connectivity index (χ4n) is 2.51. The van der Waals surface area contributed by atoms with Gasteiger partial charge in [-0.15, -0.1) is 0 Å². The standard InChI is InChI=1S/C19H17NO2/c1-22-19(21)16-13-18(12-15-8-4-2-5-9-15)20(14-16)17-10-6-3-7-11-17/h2-11,13-14H,12H2,1H3. The van der Waals surface area contributed by atoms with Crippen LogP contribution < -0.4 is 0 Å². The van der Waals surface area contributed by atoms with Gasteiger partial charge in [0.2, 0.25) is 0 Å². The van der Waals surface area contributed by atoms with Crippen molar-refractivity contribution in [2.24, 2.45) is 0 Å². The number of nitrogens with zero attached hydrogens (tertiary/aromatic N) is 1. The van der Waals surface area contributed by atoms with E-state index in [4.69, 9.17) is 4.74 Å². The van der Waals surface area contributed by atoms with Gasteiger partial charge in [0.25, 0.3) is 0 Å². The van der Waals surface area contributed by atoms with E-state index in [0.717, 1.165) is 17.8 Å². The molecule has 0 spiro atoms. The smallest absolute Gasteiger partial charge is 0.339 e. The molecule has 1 heterocycles. The molecule has 1 aromatic heterocycles. The van der Waals surface area contributed by atoms with Crippen molar-refractivity contribution in [1.82, 2.24) is 4.57 Å². The number of hydrogen-bond acceptors (Lipinski definition) is 2. The Morgan fingerprint density at radius 1 is 1.00 bits per heavy atom. The highest BCUT2D eigenvalue weighted by atomic mass is 16.5. The van der Waals surface area contributed by atoms with Crippen LogP contribution in [0, 0.1) is 0 Å². The second kappa shape index (κ2) is 6.31. The monoisotopic (exact) mass is 291 g/mol. The van der Waals surface area contributed by atoms with E-state index >= 15 is 0 Å². The van der Waals surface area contributed by atoms with Crippen LogP contribution in [0.15, 0.2) is 72.9 Å². The zero-order valence-electron chi connectivity index (χ0n) is 12.4. The first kappa shape index (κ1) is 14.1. The average molecular weight is 291 g/mol. The van der Waals surface area contributed by atoms with Gasteiger partial charge in [-0.1, -0.05) is 48.5 Å². The summed E-state index contributed by atoms with van der Waals surface area (Å²) in [5.41, 5.74) is 3.85. The number of aromatic nitrogens is 1. The molecule has 0 radical (unpaired) electrons. The molecule has 0 N–H and O–H groups in total. The Morgan fingerprint density at radius 3 is 2.27 bits per heavy atom. The van der Waals surface area contributed by atoms with Crippen LogP contribution in [0.3, 0.4) is 0 Å². The fourth-order valence-corrected chi connectivity index (χ4v) is 2.51. The van der Waals surface area contributed by atoms with Crippen LogP contribution >= 0.6 is 0 Å². The second-order valence-electron chi connectivity index (χ2n) is 5.08. The van der Waals surface area contributed by atoms with E-state index in [1.165, 1.54) is 12.7 Å². The van der Waals surface area contributed by atoms with Crippen LogP contribution in [0.2, 0.25) is 0 Å². The molecule has 0 saturated carbocycles. The summed E-state index contributed by atoms with van der Waals surface area (Å²) < 4.78 is 6.88. The number of ether oxygens (including phenoxy) is 1. The summed E-state index contributed by atoms with van der Waals surface area (Å²) in [4.78, 5) is 11.8. The number of esters is 1. The molecular formula is C19H17NO2. The average Bonchev–Trinajstić information content (AvgIpc) is 3.00. The third-order valence-electron chi connectivity index (χ3n) is 3.58. The Morgan fingerprint density at radius 2 is 1.64 bits per heavy atom. The summed E-state index contributed by atoms with van der Waals surface area (Å²) in [7, 11) is 1.40. The summed E-state index contributed by atoms with van der Waals surface area (Å²) >= 11 is 0. The summed E-state index contributed by atoms with van der Waals surface area (Å²) in [6.07, 6.45) is 2.59. The van der Waals surface area contributed by atoms with Crippen LogP contribution in [-0.2, 0) is 11.2 Å². The van der Waals surface area contributed by atoms with Crippen molar-refractivity contribution in [1.29, 1.82) is 0 Å². The molecule has 2 aromatic carbocycles. The minimum Gasteiger partial charge on any atom is -0.465 e.